The van der Waals surface area contributed by atoms with Gasteiger partial charge in [-0.3, -0.25) is 9.78 Å². The first kappa shape index (κ1) is 25.2. The molecule has 5 nitrogen and oxygen atoms in total. The minimum atomic E-state index is -0.172. The Bertz CT molecular complexity index is 1190. The lowest BCUT2D eigenvalue weighted by molar-refractivity contribution is -0.125. The highest BCUT2D eigenvalue weighted by Gasteiger charge is 2.22. The van der Waals surface area contributed by atoms with Crippen LogP contribution < -0.4 is 4.74 Å². The Balaban J connectivity index is 2.28. The van der Waals surface area contributed by atoms with Crippen molar-refractivity contribution in [2.75, 3.05) is 13.7 Å². The Morgan fingerprint density at radius 2 is 1.68 bits per heavy atom. The van der Waals surface area contributed by atoms with Crippen LogP contribution in [0.4, 0.5) is 0 Å². The fourth-order valence-corrected chi connectivity index (χ4v) is 4.23. The second-order valence-corrected chi connectivity index (χ2v) is 8.16. The number of hydrogen-bond donors (Lipinski definition) is 0. The van der Waals surface area contributed by atoms with Gasteiger partial charge in [0, 0.05) is 49.6 Å². The Morgan fingerprint density at radius 1 is 1.03 bits per heavy atom. The molecule has 0 unspecified atom stereocenters. The number of carbonyl (C=O) groups excluding carboxylic acids is 2. The quantitative estimate of drug-likeness (QED) is 0.345. The van der Waals surface area contributed by atoms with Crippen molar-refractivity contribution >= 4 is 29.4 Å². The van der Waals surface area contributed by atoms with E-state index in [1.54, 1.807) is 19.4 Å². The molecular weight excluding hydrogens is 448 g/mol. The normalized spacial score (nSPS) is 11.6. The van der Waals surface area contributed by atoms with E-state index in [2.05, 4.69) is 4.98 Å². The molecule has 176 valence electrons. The number of carbonyl (C=O) groups is 2. The molecule has 0 aliphatic carbocycles. The number of ether oxygens (including phenoxy) is 1. The summed E-state index contributed by atoms with van der Waals surface area (Å²) in [6, 6.07) is 15.8. The summed E-state index contributed by atoms with van der Waals surface area (Å²) in [4.78, 5) is 29.6. The topological polar surface area (TPSA) is 59.5 Å². The highest BCUT2D eigenvalue weighted by Crippen LogP contribution is 2.41. The molecule has 0 aliphatic rings. The van der Waals surface area contributed by atoms with Gasteiger partial charge in [0.2, 0.25) is 5.91 Å². The van der Waals surface area contributed by atoms with Gasteiger partial charge in [-0.1, -0.05) is 54.9 Å². The number of hydrogen-bond acceptors (Lipinski definition) is 4. The smallest absolute Gasteiger partial charge is 0.223 e. The van der Waals surface area contributed by atoms with E-state index >= 15 is 0 Å². The van der Waals surface area contributed by atoms with Crippen LogP contribution in [-0.4, -0.2) is 35.7 Å². The third-order valence-electron chi connectivity index (χ3n) is 5.75. The Kier molecular flexibility index (Phi) is 8.61. The van der Waals surface area contributed by atoms with Crippen LogP contribution in [0.25, 0.3) is 16.7 Å². The van der Waals surface area contributed by atoms with Crippen LogP contribution in [0.1, 0.15) is 43.9 Å². The second-order valence-electron chi connectivity index (χ2n) is 7.79. The number of pyridine rings is 1. The summed E-state index contributed by atoms with van der Waals surface area (Å²) in [6.07, 6.45) is 5.14. The minimum absolute atomic E-state index is 0.0628. The summed E-state index contributed by atoms with van der Waals surface area (Å²) in [5.74, 6) is 0.458. The predicted octanol–water partition coefficient (Wildman–Crippen LogP) is 6.19. The van der Waals surface area contributed by atoms with E-state index in [-0.39, 0.29) is 12.3 Å². The molecule has 3 aromatic rings. The van der Waals surface area contributed by atoms with Gasteiger partial charge < -0.3 is 14.4 Å². The third-order valence-corrected chi connectivity index (χ3v) is 6.12. The molecule has 0 spiro atoms. The summed E-state index contributed by atoms with van der Waals surface area (Å²) in [6.45, 7) is 5.91. The number of aromatic nitrogens is 1. The summed E-state index contributed by atoms with van der Waals surface area (Å²) in [7, 11) is 1.67. The lowest BCUT2D eigenvalue weighted by atomic mass is 9.91. The van der Waals surface area contributed by atoms with Gasteiger partial charge in [-0.25, -0.2) is 0 Å². The fraction of sp³-hybridized carbons (Fsp3) is 0.250. The van der Waals surface area contributed by atoms with E-state index in [1.807, 2.05) is 62.4 Å². The molecule has 0 atom stereocenters. The average Bonchev–Trinajstić information content (AvgIpc) is 2.86. The second kappa shape index (κ2) is 11.6. The van der Waals surface area contributed by atoms with Crippen LogP contribution in [0.15, 0.2) is 66.6 Å². The van der Waals surface area contributed by atoms with Gasteiger partial charge in [0.1, 0.15) is 12.0 Å². The molecule has 3 rings (SSSR count). The molecule has 1 amide bonds. The van der Waals surface area contributed by atoms with Gasteiger partial charge in [-0.15, -0.1) is 0 Å². The van der Waals surface area contributed by atoms with Crippen LogP contribution in [0.3, 0.4) is 0 Å². The largest absolute Gasteiger partial charge is 0.492 e. The van der Waals surface area contributed by atoms with Gasteiger partial charge in [-0.05, 0) is 47.7 Å². The van der Waals surface area contributed by atoms with Crippen molar-refractivity contribution in [3.05, 3.63) is 88.3 Å². The molecule has 0 fully saturated rings. The summed E-state index contributed by atoms with van der Waals surface area (Å²) in [5.41, 5.74) is 5.93. The van der Waals surface area contributed by atoms with Crippen LogP contribution in [0.5, 0.6) is 5.75 Å². The van der Waals surface area contributed by atoms with E-state index in [4.69, 9.17) is 16.3 Å². The molecule has 0 saturated heterocycles. The molecule has 2 aromatic carbocycles. The molecule has 6 heteroatoms. The number of benzene rings is 2. The van der Waals surface area contributed by atoms with E-state index in [0.717, 1.165) is 40.5 Å². The fourth-order valence-electron chi connectivity index (χ4n) is 3.89. The van der Waals surface area contributed by atoms with Crippen molar-refractivity contribution in [1.29, 1.82) is 0 Å². The van der Waals surface area contributed by atoms with Gasteiger partial charge in [0.25, 0.3) is 0 Å². The lowest BCUT2D eigenvalue weighted by Gasteiger charge is -2.25. The summed E-state index contributed by atoms with van der Waals surface area (Å²) >= 11 is 6.91. The molecule has 0 N–H and O–H groups in total. The SMILES string of the molecule is CCOc1c(CC)ccc(/C(=C(\CC=O)N(C)C(C)=O)c2ccc(-c3ccncc3)cc2)c1Cl. The average molecular weight is 477 g/mol. The highest BCUT2D eigenvalue weighted by atomic mass is 35.5. The summed E-state index contributed by atoms with van der Waals surface area (Å²) < 4.78 is 5.90. The number of nitrogens with zero attached hydrogens (tertiary/aromatic N) is 2. The molecule has 0 radical (unpaired) electrons. The van der Waals surface area contributed by atoms with Gasteiger partial charge in [0.05, 0.1) is 11.6 Å². The summed E-state index contributed by atoms with van der Waals surface area (Å²) in [5, 5.41) is 0.467. The van der Waals surface area contributed by atoms with E-state index in [0.29, 0.717) is 28.6 Å². The van der Waals surface area contributed by atoms with Crippen molar-refractivity contribution in [2.45, 2.75) is 33.6 Å². The number of halogens is 1. The van der Waals surface area contributed by atoms with Crippen molar-refractivity contribution in [2.24, 2.45) is 0 Å². The lowest BCUT2D eigenvalue weighted by Crippen LogP contribution is -2.25. The molecule has 1 aromatic heterocycles. The molecule has 0 saturated carbocycles. The Labute approximate surface area is 206 Å². The first-order valence-corrected chi connectivity index (χ1v) is 11.7. The molecular formula is C28H29ClN2O3. The van der Waals surface area contributed by atoms with Crippen LogP contribution in [0.2, 0.25) is 5.02 Å². The number of allylic oxidation sites excluding steroid dienone is 1. The molecule has 1 heterocycles. The standard InChI is InChI=1S/C28H29ClN2O3/c1-5-20-11-12-24(27(29)28(20)34-6-2)26(25(15-18-32)31(4)19(3)33)23-9-7-21(8-10-23)22-13-16-30-17-14-22/h7-14,16-18H,5-6,15H2,1-4H3/b26-25+. The maximum atomic E-state index is 12.3. The van der Waals surface area contributed by atoms with E-state index in [1.165, 1.54) is 11.8 Å². The Hall–Kier alpha value is -3.44. The maximum Gasteiger partial charge on any atom is 0.223 e. The number of aldehydes is 1. The van der Waals surface area contributed by atoms with Crippen molar-refractivity contribution in [3.8, 4) is 16.9 Å². The molecule has 34 heavy (non-hydrogen) atoms. The molecule has 0 bridgehead atoms. The monoisotopic (exact) mass is 476 g/mol. The van der Waals surface area contributed by atoms with Crippen molar-refractivity contribution in [3.63, 3.8) is 0 Å². The van der Waals surface area contributed by atoms with E-state index < -0.39 is 0 Å². The van der Waals surface area contributed by atoms with Gasteiger partial charge in [0.15, 0.2) is 0 Å². The zero-order valence-corrected chi connectivity index (χ0v) is 20.7. The first-order chi connectivity index (χ1) is 16.4. The van der Waals surface area contributed by atoms with Crippen molar-refractivity contribution < 1.29 is 14.3 Å². The molecule has 0 aliphatic heterocycles. The number of rotatable bonds is 9. The first-order valence-electron chi connectivity index (χ1n) is 11.3. The Morgan fingerprint density at radius 3 is 2.24 bits per heavy atom. The van der Waals surface area contributed by atoms with Gasteiger partial charge in [-0.2, -0.15) is 0 Å². The van der Waals surface area contributed by atoms with Crippen LogP contribution in [0, 0.1) is 0 Å². The number of amides is 1. The third kappa shape index (κ3) is 5.37. The van der Waals surface area contributed by atoms with Crippen LogP contribution >= 0.6 is 11.6 Å². The zero-order valence-electron chi connectivity index (χ0n) is 20.0. The predicted molar refractivity (Wildman–Crippen MR) is 137 cm³/mol. The number of aryl methyl sites for hydroxylation is 1. The minimum Gasteiger partial charge on any atom is -0.492 e. The van der Waals surface area contributed by atoms with E-state index in [9.17, 15) is 9.59 Å². The van der Waals surface area contributed by atoms with Crippen molar-refractivity contribution in [1.82, 2.24) is 9.88 Å². The zero-order chi connectivity index (χ0) is 24.7. The van der Waals surface area contributed by atoms with Crippen LogP contribution in [-0.2, 0) is 16.0 Å². The highest BCUT2D eigenvalue weighted by molar-refractivity contribution is 6.34. The maximum absolute atomic E-state index is 12.3. The van der Waals surface area contributed by atoms with Gasteiger partial charge >= 0.3 is 0 Å².